The molecule has 0 radical (unpaired) electrons. The largest absolute Gasteiger partial charge is 0.325 e. The van der Waals surface area contributed by atoms with Gasteiger partial charge in [0.2, 0.25) is 5.91 Å². The van der Waals surface area contributed by atoms with E-state index in [0.717, 1.165) is 30.9 Å². The van der Waals surface area contributed by atoms with Crippen LogP contribution < -0.4 is 10.6 Å². The topological polar surface area (TPSA) is 44.4 Å². The summed E-state index contributed by atoms with van der Waals surface area (Å²) in [7, 11) is 0. The number of amides is 1. The molecule has 1 aromatic rings. The zero-order valence-electron chi connectivity index (χ0n) is 14.9. The molecule has 1 saturated heterocycles. The molecule has 1 aliphatic carbocycles. The van der Waals surface area contributed by atoms with Crippen LogP contribution in [0, 0.1) is 13.8 Å². The molecule has 2 N–H and O–H groups in total. The summed E-state index contributed by atoms with van der Waals surface area (Å²) in [6, 6.07) is 6.21. The Bertz CT molecular complexity index is 561. The lowest BCUT2D eigenvalue weighted by atomic mass is 9.79. The molecule has 0 aromatic heterocycles. The number of nitrogens with zero attached hydrogens (tertiary/aromatic N) is 1. The van der Waals surface area contributed by atoms with Gasteiger partial charge < -0.3 is 10.6 Å². The summed E-state index contributed by atoms with van der Waals surface area (Å²) in [6.07, 6.45) is 6.35. The van der Waals surface area contributed by atoms with Gasteiger partial charge in [-0.05, 0) is 43.9 Å². The van der Waals surface area contributed by atoms with Gasteiger partial charge in [0.15, 0.2) is 0 Å². The number of nitrogens with one attached hydrogen (secondary N) is 2. The number of carbonyl (C=O) groups excluding carboxylic acids is 1. The molecule has 4 nitrogen and oxygen atoms in total. The van der Waals surface area contributed by atoms with Crippen molar-refractivity contribution in [1.82, 2.24) is 10.2 Å². The Morgan fingerprint density at radius 2 is 2.00 bits per heavy atom. The Labute approximate surface area is 151 Å². The molecule has 1 saturated carbocycles. The van der Waals surface area contributed by atoms with Crippen molar-refractivity contribution in [2.75, 3.05) is 31.5 Å². The van der Waals surface area contributed by atoms with Gasteiger partial charge in [-0.2, -0.15) is 0 Å². The van der Waals surface area contributed by atoms with E-state index in [1.165, 1.54) is 37.7 Å². The first kappa shape index (κ1) is 19.2. The van der Waals surface area contributed by atoms with Crippen molar-refractivity contribution in [1.29, 1.82) is 0 Å². The summed E-state index contributed by atoms with van der Waals surface area (Å²) in [6.45, 7) is 7.60. The molecule has 1 heterocycles. The van der Waals surface area contributed by atoms with Crippen LogP contribution in [0.5, 0.6) is 0 Å². The molecule has 3 rings (SSSR count). The van der Waals surface area contributed by atoms with Crippen molar-refractivity contribution < 1.29 is 4.79 Å². The molecule has 1 aromatic carbocycles. The second-order valence-corrected chi connectivity index (χ2v) is 7.25. The van der Waals surface area contributed by atoms with Crippen molar-refractivity contribution in [3.8, 4) is 0 Å². The summed E-state index contributed by atoms with van der Waals surface area (Å²) < 4.78 is 0. The Hall–Kier alpha value is -1.10. The minimum Gasteiger partial charge on any atom is -0.325 e. The molecule has 134 valence electrons. The standard InChI is InChI=1S/C19H29N3O.ClH/c1-15-6-7-16(2)17(12-15)21-18(23)13-22-11-10-20-14-19(22)8-4-3-5-9-19;/h6-7,12,20H,3-5,8-11,13-14H2,1-2H3,(H,21,23);1H. The predicted octanol–water partition coefficient (Wildman–Crippen LogP) is 3.27. The normalized spacial score (nSPS) is 20.4. The second-order valence-electron chi connectivity index (χ2n) is 7.25. The first-order valence-corrected chi connectivity index (χ1v) is 8.92. The monoisotopic (exact) mass is 351 g/mol. The number of benzene rings is 1. The fourth-order valence-electron chi connectivity index (χ4n) is 4.07. The fraction of sp³-hybridized carbons (Fsp3) is 0.632. The summed E-state index contributed by atoms with van der Waals surface area (Å²) >= 11 is 0. The molecule has 0 bridgehead atoms. The molecule has 2 aliphatic rings. The number of hydrogen-bond acceptors (Lipinski definition) is 3. The van der Waals surface area contributed by atoms with Crippen LogP contribution in [-0.2, 0) is 4.79 Å². The Kier molecular flexibility index (Phi) is 6.67. The molecular formula is C19H30ClN3O. The first-order chi connectivity index (χ1) is 11.1. The van der Waals surface area contributed by atoms with Crippen LogP contribution in [0.3, 0.4) is 0 Å². The van der Waals surface area contributed by atoms with Crippen LogP contribution in [0.4, 0.5) is 5.69 Å². The summed E-state index contributed by atoms with van der Waals surface area (Å²) in [5.74, 6) is 0.116. The maximum Gasteiger partial charge on any atom is 0.238 e. The van der Waals surface area contributed by atoms with Crippen LogP contribution in [0.15, 0.2) is 18.2 Å². The van der Waals surface area contributed by atoms with Crippen molar-refractivity contribution in [2.45, 2.75) is 51.5 Å². The van der Waals surface area contributed by atoms with E-state index in [1.807, 2.05) is 6.92 Å². The maximum absolute atomic E-state index is 12.6. The fourth-order valence-corrected chi connectivity index (χ4v) is 4.07. The van der Waals surface area contributed by atoms with Gasteiger partial charge in [-0.1, -0.05) is 31.4 Å². The van der Waals surface area contributed by atoms with Crippen LogP contribution in [0.25, 0.3) is 0 Å². The number of rotatable bonds is 3. The SMILES string of the molecule is Cc1ccc(C)c(NC(=O)CN2CCNCC23CCCCC3)c1.Cl. The number of anilines is 1. The number of aryl methyl sites for hydroxylation is 2. The highest BCUT2D eigenvalue weighted by molar-refractivity contribution is 5.93. The van der Waals surface area contributed by atoms with E-state index in [4.69, 9.17) is 0 Å². The Morgan fingerprint density at radius 1 is 1.25 bits per heavy atom. The lowest BCUT2D eigenvalue weighted by molar-refractivity contribution is -0.120. The molecular weight excluding hydrogens is 322 g/mol. The summed E-state index contributed by atoms with van der Waals surface area (Å²) in [4.78, 5) is 15.0. The van der Waals surface area contributed by atoms with E-state index >= 15 is 0 Å². The predicted molar refractivity (Wildman–Crippen MR) is 102 cm³/mol. The van der Waals surface area contributed by atoms with Gasteiger partial charge in [0, 0.05) is 30.9 Å². The molecule has 5 heteroatoms. The molecule has 0 unspecified atom stereocenters. The highest BCUT2D eigenvalue weighted by Crippen LogP contribution is 2.34. The van der Waals surface area contributed by atoms with Crippen LogP contribution in [-0.4, -0.2) is 42.5 Å². The molecule has 0 atom stereocenters. The van der Waals surface area contributed by atoms with Crippen molar-refractivity contribution >= 4 is 24.0 Å². The second kappa shape index (κ2) is 8.32. The van der Waals surface area contributed by atoms with E-state index in [1.54, 1.807) is 0 Å². The number of piperazine rings is 1. The number of carbonyl (C=O) groups is 1. The number of hydrogen-bond donors (Lipinski definition) is 2. The van der Waals surface area contributed by atoms with E-state index < -0.39 is 0 Å². The Morgan fingerprint density at radius 3 is 2.75 bits per heavy atom. The minimum absolute atomic E-state index is 0. The van der Waals surface area contributed by atoms with Gasteiger partial charge in [-0.25, -0.2) is 0 Å². The summed E-state index contributed by atoms with van der Waals surface area (Å²) in [5, 5.41) is 6.66. The van der Waals surface area contributed by atoms with Crippen LogP contribution in [0.1, 0.15) is 43.2 Å². The lowest BCUT2D eigenvalue weighted by Gasteiger charge is -2.49. The van der Waals surface area contributed by atoms with Crippen LogP contribution >= 0.6 is 12.4 Å². The van der Waals surface area contributed by atoms with E-state index in [0.29, 0.717) is 6.54 Å². The molecule has 24 heavy (non-hydrogen) atoms. The van der Waals surface area contributed by atoms with Gasteiger partial charge in [0.25, 0.3) is 0 Å². The zero-order valence-corrected chi connectivity index (χ0v) is 15.7. The Balaban J connectivity index is 0.00000208. The molecule has 1 amide bonds. The van der Waals surface area contributed by atoms with E-state index in [9.17, 15) is 4.79 Å². The average Bonchev–Trinajstić information content (AvgIpc) is 2.54. The van der Waals surface area contributed by atoms with E-state index in [-0.39, 0.29) is 23.9 Å². The third kappa shape index (κ3) is 4.29. The molecule has 2 fully saturated rings. The third-order valence-corrected chi connectivity index (χ3v) is 5.47. The number of halogens is 1. The highest BCUT2D eigenvalue weighted by Gasteiger charge is 2.40. The van der Waals surface area contributed by atoms with Gasteiger partial charge >= 0.3 is 0 Å². The smallest absolute Gasteiger partial charge is 0.238 e. The van der Waals surface area contributed by atoms with Crippen molar-refractivity contribution in [2.24, 2.45) is 0 Å². The molecule has 1 aliphatic heterocycles. The quantitative estimate of drug-likeness (QED) is 0.878. The molecule has 1 spiro atoms. The third-order valence-electron chi connectivity index (χ3n) is 5.47. The maximum atomic E-state index is 12.6. The van der Waals surface area contributed by atoms with Gasteiger partial charge in [0.05, 0.1) is 6.54 Å². The zero-order chi connectivity index (χ0) is 16.3. The van der Waals surface area contributed by atoms with Crippen molar-refractivity contribution in [3.63, 3.8) is 0 Å². The van der Waals surface area contributed by atoms with Crippen molar-refractivity contribution in [3.05, 3.63) is 29.3 Å². The lowest BCUT2D eigenvalue weighted by Crippen LogP contribution is -2.63. The van der Waals surface area contributed by atoms with Gasteiger partial charge in [-0.3, -0.25) is 9.69 Å². The highest BCUT2D eigenvalue weighted by atomic mass is 35.5. The summed E-state index contributed by atoms with van der Waals surface area (Å²) in [5.41, 5.74) is 3.45. The average molecular weight is 352 g/mol. The van der Waals surface area contributed by atoms with E-state index in [2.05, 4.69) is 40.7 Å². The van der Waals surface area contributed by atoms with Gasteiger partial charge in [0.1, 0.15) is 0 Å². The minimum atomic E-state index is 0. The van der Waals surface area contributed by atoms with Gasteiger partial charge in [-0.15, -0.1) is 12.4 Å². The van der Waals surface area contributed by atoms with Crippen LogP contribution in [0.2, 0.25) is 0 Å². The first-order valence-electron chi connectivity index (χ1n) is 8.92.